The van der Waals surface area contributed by atoms with Crippen LogP contribution in [0.1, 0.15) is 11.3 Å². The van der Waals surface area contributed by atoms with Crippen LogP contribution in [0, 0.1) is 6.92 Å². The van der Waals surface area contributed by atoms with Crippen LogP contribution in [0.4, 0.5) is 5.69 Å². The summed E-state index contributed by atoms with van der Waals surface area (Å²) in [5.74, 6) is -0.0744. The third-order valence-corrected chi connectivity index (χ3v) is 7.93. The van der Waals surface area contributed by atoms with E-state index in [9.17, 15) is 4.79 Å². The van der Waals surface area contributed by atoms with Crippen molar-refractivity contribution in [3.8, 4) is 21.8 Å². The number of thiazole rings is 2. The van der Waals surface area contributed by atoms with E-state index in [1.165, 1.54) is 21.6 Å². The van der Waals surface area contributed by atoms with E-state index in [-0.39, 0.29) is 12.3 Å². The lowest BCUT2D eigenvalue weighted by atomic mass is 10.2. The Morgan fingerprint density at radius 3 is 2.57 bits per heavy atom. The van der Waals surface area contributed by atoms with Crippen LogP contribution in [0.25, 0.3) is 37.0 Å². The van der Waals surface area contributed by atoms with Gasteiger partial charge in [0.2, 0.25) is 5.91 Å². The molecule has 0 aliphatic carbocycles. The summed E-state index contributed by atoms with van der Waals surface area (Å²) in [6.45, 7) is 2.09. The number of nitrogens with one attached hydrogen (secondary N) is 1. The fraction of sp³-hybridized carbons (Fsp3) is 0.0741. The van der Waals surface area contributed by atoms with Crippen molar-refractivity contribution in [1.82, 2.24) is 14.4 Å². The second-order valence-electron chi connectivity index (χ2n) is 8.31. The monoisotopic (exact) mass is 514 g/mol. The molecule has 0 fully saturated rings. The van der Waals surface area contributed by atoms with Crippen molar-refractivity contribution in [2.75, 3.05) is 5.32 Å². The van der Waals surface area contributed by atoms with Gasteiger partial charge in [-0.25, -0.2) is 9.97 Å². The highest BCUT2D eigenvalue weighted by Gasteiger charge is 2.13. The fourth-order valence-corrected chi connectivity index (χ4v) is 6.01. The minimum atomic E-state index is -0.0744. The van der Waals surface area contributed by atoms with Crippen LogP contribution in [-0.2, 0) is 11.2 Å². The van der Waals surface area contributed by atoms with Gasteiger partial charge < -0.3 is 5.32 Å². The maximum absolute atomic E-state index is 12.8. The highest BCUT2D eigenvalue weighted by molar-refractivity contribution is 7.21. The standard InChI is InChI=1S/C27H19ClN4OS2/c1-16-2-11-22-24(12-16)35-26(30-22)18-5-9-20(10-6-18)29-25(33)13-21-15-34-27-31-23(14-32(21)27)17-3-7-19(28)8-4-17/h2-12,14-15H,13H2,1H3,(H,29,33). The summed E-state index contributed by atoms with van der Waals surface area (Å²) < 4.78 is 3.16. The van der Waals surface area contributed by atoms with Gasteiger partial charge in [0.25, 0.3) is 0 Å². The first-order chi connectivity index (χ1) is 17.0. The van der Waals surface area contributed by atoms with Crippen molar-refractivity contribution in [2.24, 2.45) is 0 Å². The zero-order valence-corrected chi connectivity index (χ0v) is 21.0. The SMILES string of the molecule is Cc1ccc2nc(-c3ccc(NC(=O)Cc4csc5nc(-c6ccc(Cl)cc6)cn45)cc3)sc2c1. The number of imidazole rings is 1. The molecule has 0 radical (unpaired) electrons. The first-order valence-electron chi connectivity index (χ1n) is 11.0. The number of benzene rings is 3. The summed E-state index contributed by atoms with van der Waals surface area (Å²) in [6, 6.07) is 21.7. The Balaban J connectivity index is 1.16. The van der Waals surface area contributed by atoms with Crippen molar-refractivity contribution in [1.29, 1.82) is 0 Å². The molecule has 1 amide bonds. The molecule has 35 heavy (non-hydrogen) atoms. The lowest BCUT2D eigenvalue weighted by molar-refractivity contribution is -0.115. The number of aryl methyl sites for hydroxylation is 1. The molecule has 5 nitrogen and oxygen atoms in total. The molecule has 172 valence electrons. The topological polar surface area (TPSA) is 59.3 Å². The van der Waals surface area contributed by atoms with E-state index in [0.717, 1.165) is 43.7 Å². The number of carbonyl (C=O) groups is 1. The molecule has 3 heterocycles. The molecule has 0 spiro atoms. The third kappa shape index (κ3) is 4.46. The molecule has 1 N–H and O–H groups in total. The predicted molar refractivity (Wildman–Crippen MR) is 146 cm³/mol. The molecule has 0 aliphatic heterocycles. The Labute approximate surface area is 214 Å². The Kier molecular flexibility index (Phi) is 5.60. The second-order valence-corrected chi connectivity index (χ2v) is 10.6. The Hall–Kier alpha value is -3.52. The summed E-state index contributed by atoms with van der Waals surface area (Å²) in [5, 5.41) is 6.64. The molecule has 0 atom stereocenters. The van der Waals surface area contributed by atoms with Crippen LogP contribution in [0.2, 0.25) is 5.02 Å². The van der Waals surface area contributed by atoms with E-state index >= 15 is 0 Å². The molecule has 3 aromatic carbocycles. The van der Waals surface area contributed by atoms with Crippen LogP contribution in [-0.4, -0.2) is 20.3 Å². The number of anilines is 1. The van der Waals surface area contributed by atoms with Crippen LogP contribution in [0.3, 0.4) is 0 Å². The second kappa shape index (κ2) is 8.92. The van der Waals surface area contributed by atoms with Crippen molar-refractivity contribution < 1.29 is 4.79 Å². The van der Waals surface area contributed by atoms with Gasteiger partial charge in [0.15, 0.2) is 4.96 Å². The van der Waals surface area contributed by atoms with E-state index in [1.807, 2.05) is 64.5 Å². The zero-order chi connectivity index (χ0) is 23.9. The Morgan fingerprint density at radius 1 is 1.00 bits per heavy atom. The zero-order valence-electron chi connectivity index (χ0n) is 18.7. The molecule has 0 unspecified atom stereocenters. The Morgan fingerprint density at radius 2 is 1.77 bits per heavy atom. The molecule has 8 heteroatoms. The molecule has 6 rings (SSSR count). The highest BCUT2D eigenvalue weighted by Crippen LogP contribution is 2.31. The van der Waals surface area contributed by atoms with Crippen molar-refractivity contribution in [3.05, 3.63) is 94.6 Å². The molecule has 0 saturated heterocycles. The normalized spacial score (nSPS) is 11.4. The van der Waals surface area contributed by atoms with Gasteiger partial charge in [0.05, 0.1) is 22.3 Å². The van der Waals surface area contributed by atoms with Gasteiger partial charge >= 0.3 is 0 Å². The number of hydrogen-bond acceptors (Lipinski definition) is 5. The number of carbonyl (C=O) groups excluding carboxylic acids is 1. The van der Waals surface area contributed by atoms with Crippen LogP contribution in [0.15, 0.2) is 78.3 Å². The third-order valence-electron chi connectivity index (χ3n) is 5.72. The summed E-state index contributed by atoms with van der Waals surface area (Å²) in [7, 11) is 0. The van der Waals surface area contributed by atoms with Gasteiger partial charge in [-0.1, -0.05) is 29.8 Å². The van der Waals surface area contributed by atoms with Gasteiger partial charge in [0, 0.05) is 39.1 Å². The maximum Gasteiger partial charge on any atom is 0.230 e. The lowest BCUT2D eigenvalue weighted by Crippen LogP contribution is -2.15. The summed E-state index contributed by atoms with van der Waals surface area (Å²) in [5.41, 5.74) is 6.78. The van der Waals surface area contributed by atoms with Crippen molar-refractivity contribution in [3.63, 3.8) is 0 Å². The number of amides is 1. The minimum absolute atomic E-state index is 0.0744. The van der Waals surface area contributed by atoms with E-state index in [0.29, 0.717) is 5.02 Å². The number of nitrogens with zero attached hydrogens (tertiary/aromatic N) is 3. The average molecular weight is 515 g/mol. The van der Waals surface area contributed by atoms with E-state index in [4.69, 9.17) is 16.6 Å². The van der Waals surface area contributed by atoms with Gasteiger partial charge in [-0.15, -0.1) is 22.7 Å². The number of fused-ring (bicyclic) bond motifs is 2. The fourth-order valence-electron chi connectivity index (χ4n) is 3.94. The lowest BCUT2D eigenvalue weighted by Gasteiger charge is -2.06. The van der Waals surface area contributed by atoms with Gasteiger partial charge in [-0.2, -0.15) is 0 Å². The maximum atomic E-state index is 12.8. The number of aromatic nitrogens is 3. The van der Waals surface area contributed by atoms with Crippen LogP contribution in [0.5, 0.6) is 0 Å². The van der Waals surface area contributed by atoms with Crippen LogP contribution >= 0.6 is 34.3 Å². The molecule has 0 saturated carbocycles. The first-order valence-corrected chi connectivity index (χ1v) is 13.1. The number of hydrogen-bond donors (Lipinski definition) is 1. The molecular weight excluding hydrogens is 496 g/mol. The quantitative estimate of drug-likeness (QED) is 0.259. The van der Waals surface area contributed by atoms with Crippen molar-refractivity contribution >= 4 is 61.0 Å². The molecule has 0 bridgehead atoms. The number of rotatable bonds is 5. The summed E-state index contributed by atoms with van der Waals surface area (Å²) in [4.78, 5) is 23.1. The molecular formula is C27H19ClN4OS2. The average Bonchev–Trinajstić information content (AvgIpc) is 3.55. The van der Waals surface area contributed by atoms with Crippen molar-refractivity contribution in [2.45, 2.75) is 13.3 Å². The van der Waals surface area contributed by atoms with E-state index in [1.54, 1.807) is 11.3 Å². The molecule has 0 aliphatic rings. The first kappa shape index (κ1) is 22.0. The minimum Gasteiger partial charge on any atom is -0.326 e. The number of halogens is 1. The largest absolute Gasteiger partial charge is 0.326 e. The Bertz CT molecular complexity index is 1680. The van der Waals surface area contributed by atoms with Gasteiger partial charge in [0.1, 0.15) is 5.01 Å². The predicted octanol–water partition coefficient (Wildman–Crippen LogP) is 7.48. The van der Waals surface area contributed by atoms with Crippen LogP contribution < -0.4 is 5.32 Å². The van der Waals surface area contributed by atoms with E-state index in [2.05, 4.69) is 35.4 Å². The highest BCUT2D eigenvalue weighted by atomic mass is 35.5. The van der Waals surface area contributed by atoms with E-state index < -0.39 is 0 Å². The summed E-state index contributed by atoms with van der Waals surface area (Å²) in [6.07, 6.45) is 2.22. The van der Waals surface area contributed by atoms with Gasteiger partial charge in [-0.05, 0) is 61.0 Å². The smallest absolute Gasteiger partial charge is 0.230 e. The summed E-state index contributed by atoms with van der Waals surface area (Å²) >= 11 is 9.20. The van der Waals surface area contributed by atoms with Gasteiger partial charge in [-0.3, -0.25) is 9.20 Å². The molecule has 3 aromatic heterocycles. The molecule has 6 aromatic rings.